The van der Waals surface area contributed by atoms with Gasteiger partial charge in [0.05, 0.1) is 6.42 Å². The van der Waals surface area contributed by atoms with Crippen molar-refractivity contribution in [3.63, 3.8) is 0 Å². The van der Waals surface area contributed by atoms with Crippen LogP contribution in [0.3, 0.4) is 0 Å². The van der Waals surface area contributed by atoms with Crippen molar-refractivity contribution in [2.24, 2.45) is 5.92 Å². The van der Waals surface area contributed by atoms with Gasteiger partial charge in [0.25, 0.3) is 0 Å². The standard InChI is InChI=1S/C15H21N3O2/c1-17-15(20)12-5-7-18(8-6-12)14(19)10-11-3-2-4-13(16)9-11/h2-4,9,12H,5-8,10,16H2,1H3,(H,17,20). The molecule has 0 bridgehead atoms. The molecule has 5 nitrogen and oxygen atoms in total. The number of amides is 2. The Hall–Kier alpha value is -2.04. The molecule has 0 aliphatic carbocycles. The normalized spacial score (nSPS) is 15.9. The van der Waals surface area contributed by atoms with Crippen molar-refractivity contribution in [2.75, 3.05) is 25.9 Å². The number of nitrogens with zero attached hydrogens (tertiary/aromatic N) is 1. The summed E-state index contributed by atoms with van der Waals surface area (Å²) in [5, 5.41) is 2.67. The van der Waals surface area contributed by atoms with E-state index in [0.29, 0.717) is 25.2 Å². The second-order valence-corrected chi connectivity index (χ2v) is 5.19. The average molecular weight is 275 g/mol. The van der Waals surface area contributed by atoms with Crippen molar-refractivity contribution in [3.8, 4) is 0 Å². The van der Waals surface area contributed by atoms with E-state index in [2.05, 4.69) is 5.32 Å². The highest BCUT2D eigenvalue weighted by atomic mass is 16.2. The van der Waals surface area contributed by atoms with Crippen LogP contribution in [0.15, 0.2) is 24.3 Å². The minimum absolute atomic E-state index is 0.0384. The fourth-order valence-corrected chi connectivity index (χ4v) is 2.58. The van der Waals surface area contributed by atoms with Crippen molar-refractivity contribution < 1.29 is 9.59 Å². The number of nitrogen functional groups attached to an aromatic ring is 1. The summed E-state index contributed by atoms with van der Waals surface area (Å²) < 4.78 is 0. The summed E-state index contributed by atoms with van der Waals surface area (Å²) in [5.41, 5.74) is 7.32. The van der Waals surface area contributed by atoms with Crippen LogP contribution in [0, 0.1) is 5.92 Å². The maximum atomic E-state index is 12.2. The number of carbonyl (C=O) groups excluding carboxylic acids is 2. The van der Waals surface area contributed by atoms with E-state index in [1.54, 1.807) is 7.05 Å². The number of nitrogens with two attached hydrogens (primary N) is 1. The smallest absolute Gasteiger partial charge is 0.226 e. The first kappa shape index (κ1) is 14.4. The van der Waals surface area contributed by atoms with E-state index in [0.717, 1.165) is 18.4 Å². The molecule has 0 spiro atoms. The van der Waals surface area contributed by atoms with Gasteiger partial charge in [0.15, 0.2) is 0 Å². The number of benzene rings is 1. The highest BCUT2D eigenvalue weighted by Gasteiger charge is 2.26. The van der Waals surface area contributed by atoms with Crippen LogP contribution in [0.25, 0.3) is 0 Å². The van der Waals surface area contributed by atoms with Gasteiger partial charge in [0.2, 0.25) is 11.8 Å². The van der Waals surface area contributed by atoms with E-state index >= 15 is 0 Å². The lowest BCUT2D eigenvalue weighted by Gasteiger charge is -2.31. The third-order valence-electron chi connectivity index (χ3n) is 3.77. The number of carbonyl (C=O) groups is 2. The van der Waals surface area contributed by atoms with Crippen LogP contribution in [0.2, 0.25) is 0 Å². The Bertz CT molecular complexity index is 494. The average Bonchev–Trinajstić information content (AvgIpc) is 2.46. The third kappa shape index (κ3) is 3.50. The first-order valence-electron chi connectivity index (χ1n) is 6.94. The maximum Gasteiger partial charge on any atom is 0.226 e. The van der Waals surface area contributed by atoms with Gasteiger partial charge in [-0.15, -0.1) is 0 Å². The molecular weight excluding hydrogens is 254 g/mol. The van der Waals surface area contributed by atoms with E-state index in [4.69, 9.17) is 5.73 Å². The molecule has 0 aromatic heterocycles. The van der Waals surface area contributed by atoms with Crippen LogP contribution in [-0.4, -0.2) is 36.9 Å². The lowest BCUT2D eigenvalue weighted by molar-refractivity contribution is -0.134. The minimum atomic E-state index is 0.0384. The Morgan fingerprint density at radius 1 is 1.35 bits per heavy atom. The minimum Gasteiger partial charge on any atom is -0.399 e. The first-order chi connectivity index (χ1) is 9.60. The highest BCUT2D eigenvalue weighted by molar-refractivity contribution is 5.81. The van der Waals surface area contributed by atoms with Crippen molar-refractivity contribution in [3.05, 3.63) is 29.8 Å². The van der Waals surface area contributed by atoms with E-state index in [9.17, 15) is 9.59 Å². The SMILES string of the molecule is CNC(=O)C1CCN(C(=O)Cc2cccc(N)c2)CC1. The van der Waals surface area contributed by atoms with Gasteiger partial charge in [-0.3, -0.25) is 9.59 Å². The molecule has 20 heavy (non-hydrogen) atoms. The van der Waals surface area contributed by atoms with E-state index in [1.807, 2.05) is 29.2 Å². The summed E-state index contributed by atoms with van der Waals surface area (Å²) in [5.74, 6) is 0.218. The number of likely N-dealkylation sites (tertiary alicyclic amines) is 1. The van der Waals surface area contributed by atoms with Crippen molar-refractivity contribution in [1.29, 1.82) is 0 Å². The van der Waals surface area contributed by atoms with Crippen LogP contribution in [0.5, 0.6) is 0 Å². The van der Waals surface area contributed by atoms with Gasteiger partial charge >= 0.3 is 0 Å². The lowest BCUT2D eigenvalue weighted by atomic mass is 9.95. The van der Waals surface area contributed by atoms with Gasteiger partial charge in [0.1, 0.15) is 0 Å². The van der Waals surface area contributed by atoms with Crippen LogP contribution >= 0.6 is 0 Å². The van der Waals surface area contributed by atoms with Crippen molar-refractivity contribution >= 4 is 17.5 Å². The molecular formula is C15H21N3O2. The Labute approximate surface area is 119 Å². The summed E-state index contributed by atoms with van der Waals surface area (Å²) in [4.78, 5) is 25.6. The molecule has 1 saturated heterocycles. The fraction of sp³-hybridized carbons (Fsp3) is 0.467. The molecule has 1 aromatic rings. The molecule has 3 N–H and O–H groups in total. The molecule has 5 heteroatoms. The third-order valence-corrected chi connectivity index (χ3v) is 3.77. The summed E-state index contributed by atoms with van der Waals surface area (Å²) in [6.45, 7) is 1.30. The zero-order valence-electron chi connectivity index (χ0n) is 11.8. The van der Waals surface area contributed by atoms with Gasteiger partial charge in [-0.2, -0.15) is 0 Å². The lowest BCUT2D eigenvalue weighted by Crippen LogP contribution is -2.42. The predicted octanol–water partition coefficient (Wildman–Crippen LogP) is 0.796. The monoisotopic (exact) mass is 275 g/mol. The Morgan fingerprint density at radius 2 is 2.05 bits per heavy atom. The van der Waals surface area contributed by atoms with Crippen LogP contribution in [0.1, 0.15) is 18.4 Å². The molecule has 2 amide bonds. The van der Waals surface area contributed by atoms with E-state index in [1.165, 1.54) is 0 Å². The number of rotatable bonds is 3. The molecule has 0 radical (unpaired) electrons. The number of nitrogens with one attached hydrogen (secondary N) is 1. The zero-order chi connectivity index (χ0) is 14.5. The van der Waals surface area contributed by atoms with Crippen LogP contribution in [0.4, 0.5) is 5.69 Å². The Kier molecular flexibility index (Phi) is 4.61. The molecule has 1 aromatic carbocycles. The highest BCUT2D eigenvalue weighted by Crippen LogP contribution is 2.18. The molecule has 0 unspecified atom stereocenters. The summed E-state index contributed by atoms with van der Waals surface area (Å²) in [6.07, 6.45) is 1.85. The second kappa shape index (κ2) is 6.41. The number of anilines is 1. The number of hydrogen-bond acceptors (Lipinski definition) is 3. The van der Waals surface area contributed by atoms with Gasteiger partial charge in [-0.25, -0.2) is 0 Å². The van der Waals surface area contributed by atoms with E-state index < -0.39 is 0 Å². The van der Waals surface area contributed by atoms with Gasteiger partial charge in [0, 0.05) is 31.7 Å². The number of piperidine rings is 1. The summed E-state index contributed by atoms with van der Waals surface area (Å²) >= 11 is 0. The fourth-order valence-electron chi connectivity index (χ4n) is 2.58. The zero-order valence-corrected chi connectivity index (χ0v) is 11.8. The van der Waals surface area contributed by atoms with Crippen LogP contribution < -0.4 is 11.1 Å². The summed E-state index contributed by atoms with van der Waals surface area (Å²) in [7, 11) is 1.65. The molecule has 0 saturated carbocycles. The largest absolute Gasteiger partial charge is 0.399 e. The van der Waals surface area contributed by atoms with Gasteiger partial charge in [-0.05, 0) is 30.5 Å². The Morgan fingerprint density at radius 3 is 2.65 bits per heavy atom. The van der Waals surface area contributed by atoms with Crippen LogP contribution in [-0.2, 0) is 16.0 Å². The van der Waals surface area contributed by atoms with Gasteiger partial charge < -0.3 is 16.0 Å². The molecule has 1 aliphatic rings. The molecule has 2 rings (SSSR count). The molecule has 1 aliphatic heterocycles. The second-order valence-electron chi connectivity index (χ2n) is 5.19. The number of hydrogen-bond donors (Lipinski definition) is 2. The van der Waals surface area contributed by atoms with Crippen molar-refractivity contribution in [2.45, 2.75) is 19.3 Å². The topological polar surface area (TPSA) is 75.4 Å². The Balaban J connectivity index is 1.87. The predicted molar refractivity (Wildman–Crippen MR) is 77.9 cm³/mol. The molecule has 1 heterocycles. The molecule has 0 atom stereocenters. The van der Waals surface area contributed by atoms with Gasteiger partial charge in [-0.1, -0.05) is 12.1 Å². The van der Waals surface area contributed by atoms with E-state index in [-0.39, 0.29) is 17.7 Å². The molecule has 1 fully saturated rings. The first-order valence-corrected chi connectivity index (χ1v) is 6.94. The summed E-state index contributed by atoms with van der Waals surface area (Å²) in [6, 6.07) is 7.40. The quantitative estimate of drug-likeness (QED) is 0.801. The maximum absolute atomic E-state index is 12.2. The van der Waals surface area contributed by atoms with Crippen molar-refractivity contribution in [1.82, 2.24) is 10.2 Å². The molecule has 108 valence electrons.